The molecule has 1 fully saturated rings. The van der Waals surface area contributed by atoms with E-state index in [4.69, 9.17) is 0 Å². The summed E-state index contributed by atoms with van der Waals surface area (Å²) in [5.74, 6) is -0.429. The van der Waals surface area contributed by atoms with Crippen molar-refractivity contribution >= 4 is 16.6 Å². The topological polar surface area (TPSA) is 32.0 Å². The number of hydrogen-bond donors (Lipinski definition) is 0. The number of nitrogens with zero attached hydrogens (tertiary/aromatic N) is 3. The minimum atomic E-state index is -4.47. The number of allylic oxidation sites excluding steroid dienone is 2. The number of rotatable bonds is 3. The van der Waals surface area contributed by atoms with Gasteiger partial charge in [0.2, 0.25) is 0 Å². The summed E-state index contributed by atoms with van der Waals surface area (Å²) in [6, 6.07) is 5.27. The molecule has 158 valence electrons. The first-order valence-electron chi connectivity index (χ1n) is 10.0. The molecule has 3 nitrogen and oxygen atoms in total. The van der Waals surface area contributed by atoms with E-state index in [9.17, 15) is 22.8 Å². The van der Waals surface area contributed by atoms with Crippen LogP contribution in [-0.2, 0) is 0 Å². The Morgan fingerprint density at radius 1 is 1.17 bits per heavy atom. The van der Waals surface area contributed by atoms with E-state index >= 15 is 0 Å². The monoisotopic (exact) mass is 417 g/mol. The molecule has 1 aliphatic heterocycles. The maximum Gasteiger partial charge on any atom is 0.411 e. The zero-order chi connectivity index (χ0) is 21.8. The van der Waals surface area contributed by atoms with E-state index < -0.39 is 17.5 Å². The first-order chi connectivity index (χ1) is 14.1. The van der Waals surface area contributed by atoms with Crippen molar-refractivity contribution in [2.75, 3.05) is 6.54 Å². The Balaban J connectivity index is 2.03. The molecule has 1 saturated carbocycles. The summed E-state index contributed by atoms with van der Waals surface area (Å²) in [4.78, 5) is 1.29. The minimum absolute atomic E-state index is 0.0722. The second kappa shape index (κ2) is 6.90. The number of aryl methyl sites for hydroxylation is 1. The van der Waals surface area contributed by atoms with E-state index in [2.05, 4.69) is 6.07 Å². The summed E-state index contributed by atoms with van der Waals surface area (Å²) in [5.41, 5.74) is 0.0204. The van der Waals surface area contributed by atoms with Crippen LogP contribution in [0.25, 0.3) is 16.6 Å². The van der Waals surface area contributed by atoms with Gasteiger partial charge in [0.05, 0.1) is 22.5 Å². The Morgan fingerprint density at radius 3 is 2.43 bits per heavy atom. The van der Waals surface area contributed by atoms with Gasteiger partial charge in [0.25, 0.3) is 0 Å². The molecule has 1 aliphatic carbocycles. The Morgan fingerprint density at radius 2 is 1.87 bits per heavy atom. The summed E-state index contributed by atoms with van der Waals surface area (Å²) < 4.78 is 58.1. The van der Waals surface area contributed by atoms with Crippen LogP contribution in [-0.4, -0.2) is 27.7 Å². The molecule has 0 atom stereocenters. The standard InChI is InChI=1S/C23H23F4N3/c1-14-11-20-16(12-18(14)24)17(13-28)21(30(20)15-7-6-8-15)19-9-4-5-10-29(19)22(2,3)23(25,26)27/h4-5,9,11-12,15H,6-8,10H2,1-3H3. The van der Waals surface area contributed by atoms with Gasteiger partial charge in [0.15, 0.2) is 0 Å². The van der Waals surface area contributed by atoms with Crippen LogP contribution in [0.15, 0.2) is 30.4 Å². The van der Waals surface area contributed by atoms with Crippen LogP contribution in [0.3, 0.4) is 0 Å². The summed E-state index contributed by atoms with van der Waals surface area (Å²) in [6.07, 6.45) is 3.32. The van der Waals surface area contributed by atoms with Gasteiger partial charge in [-0.1, -0.05) is 12.2 Å². The largest absolute Gasteiger partial charge is 0.411 e. The van der Waals surface area contributed by atoms with Crippen molar-refractivity contribution < 1.29 is 17.6 Å². The number of halogens is 4. The molecule has 7 heteroatoms. The predicted octanol–water partition coefficient (Wildman–Crippen LogP) is 6.24. The van der Waals surface area contributed by atoms with E-state index in [-0.39, 0.29) is 18.2 Å². The normalized spacial score (nSPS) is 17.8. The van der Waals surface area contributed by atoms with Crippen molar-refractivity contribution in [1.29, 1.82) is 5.26 Å². The number of aromatic nitrogens is 1. The van der Waals surface area contributed by atoms with Gasteiger partial charge in [-0.25, -0.2) is 4.39 Å². The minimum Gasteiger partial charge on any atom is -0.352 e. The number of nitriles is 1. The summed E-state index contributed by atoms with van der Waals surface area (Å²) in [5, 5.41) is 10.4. The van der Waals surface area contributed by atoms with E-state index in [1.54, 1.807) is 31.2 Å². The fourth-order valence-electron chi connectivity index (χ4n) is 4.23. The lowest BCUT2D eigenvalue weighted by molar-refractivity contribution is -0.209. The third-order valence-corrected chi connectivity index (χ3v) is 6.42. The van der Waals surface area contributed by atoms with Crippen LogP contribution in [0.2, 0.25) is 0 Å². The van der Waals surface area contributed by atoms with E-state index in [1.807, 2.05) is 4.57 Å². The third kappa shape index (κ3) is 2.92. The Labute approximate surface area is 172 Å². The highest BCUT2D eigenvalue weighted by molar-refractivity contribution is 5.93. The first kappa shape index (κ1) is 20.5. The van der Waals surface area contributed by atoms with Crippen molar-refractivity contribution in [3.05, 3.63) is 53.0 Å². The molecule has 0 saturated heterocycles. The highest BCUT2D eigenvalue weighted by atomic mass is 19.4. The Kier molecular flexibility index (Phi) is 4.72. The summed E-state index contributed by atoms with van der Waals surface area (Å²) >= 11 is 0. The molecule has 0 unspecified atom stereocenters. The first-order valence-corrected chi connectivity index (χ1v) is 10.0. The molecular weight excluding hydrogens is 394 g/mol. The Hall–Kier alpha value is -2.75. The molecule has 2 aliphatic rings. The highest BCUT2D eigenvalue weighted by Gasteiger charge is 2.52. The maximum atomic E-state index is 14.4. The molecule has 0 amide bonds. The van der Waals surface area contributed by atoms with Crippen LogP contribution >= 0.6 is 0 Å². The summed E-state index contributed by atoms with van der Waals surface area (Å²) in [6.45, 7) is 4.02. The van der Waals surface area contributed by atoms with Crippen LogP contribution < -0.4 is 0 Å². The lowest BCUT2D eigenvalue weighted by atomic mass is 9.91. The lowest BCUT2D eigenvalue weighted by Crippen LogP contribution is -2.54. The van der Waals surface area contributed by atoms with Crippen molar-refractivity contribution in [3.8, 4) is 6.07 Å². The fraction of sp³-hybridized carbons (Fsp3) is 0.435. The molecule has 0 spiro atoms. The zero-order valence-corrected chi connectivity index (χ0v) is 17.1. The molecule has 4 rings (SSSR count). The quantitative estimate of drug-likeness (QED) is 0.554. The number of alkyl halides is 3. The van der Waals surface area contributed by atoms with Crippen molar-refractivity contribution in [3.63, 3.8) is 0 Å². The molecule has 0 bridgehead atoms. The van der Waals surface area contributed by atoms with E-state index in [0.29, 0.717) is 27.9 Å². The van der Waals surface area contributed by atoms with Gasteiger partial charge < -0.3 is 9.47 Å². The predicted molar refractivity (Wildman–Crippen MR) is 108 cm³/mol. The van der Waals surface area contributed by atoms with Gasteiger partial charge in [-0.3, -0.25) is 0 Å². The SMILES string of the molecule is Cc1cc2c(cc1F)c(C#N)c(C1=CC=CCN1C(C)(C)C(F)(F)F)n2C1CCC1. The second-order valence-corrected chi connectivity index (χ2v) is 8.56. The smallest absolute Gasteiger partial charge is 0.352 e. The van der Waals surface area contributed by atoms with Crippen molar-refractivity contribution in [2.24, 2.45) is 0 Å². The van der Waals surface area contributed by atoms with Gasteiger partial charge in [0.1, 0.15) is 17.4 Å². The number of hydrogen-bond acceptors (Lipinski definition) is 2. The fourth-order valence-corrected chi connectivity index (χ4v) is 4.23. The third-order valence-electron chi connectivity index (χ3n) is 6.42. The average Bonchev–Trinajstić information content (AvgIpc) is 2.93. The van der Waals surface area contributed by atoms with Gasteiger partial charge >= 0.3 is 6.18 Å². The van der Waals surface area contributed by atoms with E-state index in [1.165, 1.54) is 11.0 Å². The van der Waals surface area contributed by atoms with Crippen molar-refractivity contribution in [2.45, 2.75) is 57.8 Å². The molecule has 30 heavy (non-hydrogen) atoms. The lowest BCUT2D eigenvalue weighted by Gasteiger charge is -2.44. The van der Waals surface area contributed by atoms with Crippen LogP contribution in [0.1, 0.15) is 56.0 Å². The molecule has 0 radical (unpaired) electrons. The van der Waals surface area contributed by atoms with E-state index in [0.717, 1.165) is 33.1 Å². The maximum absolute atomic E-state index is 14.4. The van der Waals surface area contributed by atoms with Crippen molar-refractivity contribution in [1.82, 2.24) is 9.47 Å². The van der Waals surface area contributed by atoms with Gasteiger partial charge in [-0.2, -0.15) is 18.4 Å². The number of fused-ring (bicyclic) bond motifs is 1. The molecule has 1 aromatic carbocycles. The molecular formula is C23H23F4N3. The molecule has 2 heterocycles. The Bertz CT molecular complexity index is 1110. The number of benzene rings is 1. The second-order valence-electron chi connectivity index (χ2n) is 8.56. The van der Waals surface area contributed by atoms with Crippen LogP contribution in [0, 0.1) is 24.1 Å². The van der Waals surface area contributed by atoms with Crippen LogP contribution in [0.5, 0.6) is 0 Å². The molecule has 2 aromatic rings. The highest BCUT2D eigenvalue weighted by Crippen LogP contribution is 2.46. The molecule has 0 N–H and O–H groups in total. The van der Waals surface area contributed by atoms with Gasteiger partial charge in [0, 0.05) is 18.0 Å². The summed E-state index contributed by atoms with van der Waals surface area (Å²) in [7, 11) is 0. The molecule has 1 aromatic heterocycles. The average molecular weight is 417 g/mol. The van der Waals surface area contributed by atoms with Gasteiger partial charge in [-0.15, -0.1) is 0 Å². The van der Waals surface area contributed by atoms with Crippen LogP contribution in [0.4, 0.5) is 17.6 Å². The zero-order valence-electron chi connectivity index (χ0n) is 17.1. The van der Waals surface area contributed by atoms with Gasteiger partial charge in [-0.05, 0) is 63.8 Å².